The van der Waals surface area contributed by atoms with Crippen molar-refractivity contribution in [1.29, 1.82) is 0 Å². The molecule has 114 valence electrons. The number of benzene rings is 1. The van der Waals surface area contributed by atoms with Crippen LogP contribution in [-0.2, 0) is 16.1 Å². The van der Waals surface area contributed by atoms with Crippen molar-refractivity contribution in [2.45, 2.75) is 38.4 Å². The van der Waals surface area contributed by atoms with Crippen molar-refractivity contribution in [3.63, 3.8) is 0 Å². The zero-order valence-electron chi connectivity index (χ0n) is 12.0. The summed E-state index contributed by atoms with van der Waals surface area (Å²) < 4.78 is 10.9. The van der Waals surface area contributed by atoms with E-state index in [0.717, 1.165) is 37.1 Å². The van der Waals surface area contributed by atoms with Crippen LogP contribution in [0.5, 0.6) is 0 Å². The number of rotatable bonds is 12. The van der Waals surface area contributed by atoms with E-state index >= 15 is 0 Å². The van der Waals surface area contributed by atoms with Crippen LogP contribution in [0, 0.1) is 0 Å². The van der Waals surface area contributed by atoms with Gasteiger partial charge in [-0.25, -0.2) is 0 Å². The molecule has 1 aromatic rings. The third-order valence-corrected chi connectivity index (χ3v) is 3.17. The minimum Gasteiger partial charge on any atom is -0.388 e. The molecule has 1 aromatic carbocycles. The molecule has 4 heteroatoms. The fraction of sp³-hybridized carbons (Fsp3) is 0.625. The number of hydrogen-bond acceptors (Lipinski definition) is 3. The fourth-order valence-electron chi connectivity index (χ4n) is 1.81. The van der Waals surface area contributed by atoms with Crippen molar-refractivity contribution >= 4 is 11.6 Å². The van der Waals surface area contributed by atoms with E-state index < -0.39 is 6.10 Å². The average molecular weight is 301 g/mol. The smallest absolute Gasteiger partial charge is 0.101 e. The van der Waals surface area contributed by atoms with Crippen LogP contribution in [0.25, 0.3) is 0 Å². The van der Waals surface area contributed by atoms with Gasteiger partial charge in [0.25, 0.3) is 0 Å². The molecule has 0 amide bonds. The van der Waals surface area contributed by atoms with Crippen LogP contribution in [0.15, 0.2) is 30.3 Å². The second-order valence-corrected chi connectivity index (χ2v) is 5.21. The summed E-state index contributed by atoms with van der Waals surface area (Å²) in [6.07, 6.45) is 3.82. The van der Waals surface area contributed by atoms with Gasteiger partial charge in [0.1, 0.15) is 6.10 Å². The largest absolute Gasteiger partial charge is 0.388 e. The van der Waals surface area contributed by atoms with Crippen molar-refractivity contribution in [3.8, 4) is 0 Å². The molecule has 0 heterocycles. The molecule has 0 fully saturated rings. The summed E-state index contributed by atoms with van der Waals surface area (Å²) >= 11 is 5.60. The summed E-state index contributed by atoms with van der Waals surface area (Å²) in [5.41, 5.74) is 1.11. The van der Waals surface area contributed by atoms with Gasteiger partial charge in [0, 0.05) is 12.5 Å². The molecule has 1 N–H and O–H groups in total. The first-order valence-electron chi connectivity index (χ1n) is 7.26. The first-order chi connectivity index (χ1) is 9.83. The van der Waals surface area contributed by atoms with Gasteiger partial charge >= 0.3 is 0 Å². The molecule has 1 rings (SSSR count). The lowest BCUT2D eigenvalue weighted by atomic mass is 10.2. The van der Waals surface area contributed by atoms with Gasteiger partial charge < -0.3 is 14.6 Å². The molecular formula is C16H25ClO3. The maximum absolute atomic E-state index is 9.70. The maximum atomic E-state index is 9.70. The molecule has 0 bridgehead atoms. The SMILES string of the molecule is OC(COCCCCCCCl)COCc1ccccc1. The molecule has 0 aliphatic heterocycles. The number of alkyl halides is 1. The summed E-state index contributed by atoms with van der Waals surface area (Å²) in [4.78, 5) is 0. The van der Waals surface area contributed by atoms with E-state index in [1.165, 1.54) is 0 Å². The molecule has 20 heavy (non-hydrogen) atoms. The average Bonchev–Trinajstić information content (AvgIpc) is 2.47. The van der Waals surface area contributed by atoms with E-state index in [4.69, 9.17) is 21.1 Å². The van der Waals surface area contributed by atoms with Gasteiger partial charge in [-0.1, -0.05) is 43.2 Å². The van der Waals surface area contributed by atoms with Crippen LogP contribution < -0.4 is 0 Å². The van der Waals surface area contributed by atoms with Crippen LogP contribution in [0.2, 0.25) is 0 Å². The van der Waals surface area contributed by atoms with Crippen molar-refractivity contribution in [3.05, 3.63) is 35.9 Å². The molecule has 1 unspecified atom stereocenters. The third-order valence-electron chi connectivity index (χ3n) is 2.90. The second kappa shape index (κ2) is 12.2. The lowest BCUT2D eigenvalue weighted by Crippen LogP contribution is -2.22. The van der Waals surface area contributed by atoms with Gasteiger partial charge in [-0.05, 0) is 18.4 Å². The molecular weight excluding hydrogens is 276 g/mol. The molecule has 1 atom stereocenters. The van der Waals surface area contributed by atoms with Gasteiger partial charge in [0.15, 0.2) is 0 Å². The first-order valence-corrected chi connectivity index (χ1v) is 7.80. The van der Waals surface area contributed by atoms with Crippen LogP contribution in [0.1, 0.15) is 31.2 Å². The van der Waals surface area contributed by atoms with Crippen LogP contribution >= 0.6 is 11.6 Å². The topological polar surface area (TPSA) is 38.7 Å². The monoisotopic (exact) mass is 300 g/mol. The number of ether oxygens (including phenoxy) is 2. The van der Waals surface area contributed by atoms with Gasteiger partial charge in [-0.3, -0.25) is 0 Å². The predicted octanol–water partition coefficient (Wildman–Crippen LogP) is 3.38. The lowest BCUT2D eigenvalue weighted by Gasteiger charge is -2.12. The Hall–Kier alpha value is -0.610. The first kappa shape index (κ1) is 17.4. The quantitative estimate of drug-likeness (QED) is 0.475. The summed E-state index contributed by atoms with van der Waals surface area (Å²) in [7, 11) is 0. The molecule has 0 radical (unpaired) electrons. The standard InChI is InChI=1S/C16H25ClO3/c17-10-6-1-2-7-11-19-13-16(18)14-20-12-15-8-4-3-5-9-15/h3-5,8-9,16,18H,1-2,6-7,10-14H2. The number of hydrogen-bond donors (Lipinski definition) is 1. The molecule has 0 aliphatic carbocycles. The minimum absolute atomic E-state index is 0.307. The van der Waals surface area contributed by atoms with Crippen LogP contribution in [-0.4, -0.2) is 36.9 Å². The van der Waals surface area contributed by atoms with Crippen molar-refractivity contribution < 1.29 is 14.6 Å². The van der Waals surface area contributed by atoms with Gasteiger partial charge in [-0.15, -0.1) is 11.6 Å². The third kappa shape index (κ3) is 9.32. The number of unbranched alkanes of at least 4 members (excludes halogenated alkanes) is 3. The van der Waals surface area contributed by atoms with Gasteiger partial charge in [-0.2, -0.15) is 0 Å². The Bertz CT molecular complexity index is 319. The van der Waals surface area contributed by atoms with E-state index in [-0.39, 0.29) is 0 Å². The molecule has 0 saturated carbocycles. The van der Waals surface area contributed by atoms with E-state index in [1.807, 2.05) is 30.3 Å². The van der Waals surface area contributed by atoms with E-state index in [1.54, 1.807) is 0 Å². The van der Waals surface area contributed by atoms with Gasteiger partial charge in [0.05, 0.1) is 19.8 Å². The van der Waals surface area contributed by atoms with E-state index in [9.17, 15) is 5.11 Å². The Balaban J connectivity index is 1.91. The van der Waals surface area contributed by atoms with Crippen LogP contribution in [0.3, 0.4) is 0 Å². The van der Waals surface area contributed by atoms with E-state index in [2.05, 4.69) is 0 Å². The minimum atomic E-state index is -0.554. The predicted molar refractivity (Wildman–Crippen MR) is 82.1 cm³/mol. The Kier molecular flexibility index (Phi) is 10.6. The normalized spacial score (nSPS) is 12.5. The van der Waals surface area contributed by atoms with E-state index in [0.29, 0.717) is 26.4 Å². The highest BCUT2D eigenvalue weighted by Crippen LogP contribution is 2.03. The Labute approximate surface area is 126 Å². The number of aliphatic hydroxyl groups excluding tert-OH is 1. The van der Waals surface area contributed by atoms with Crippen LogP contribution in [0.4, 0.5) is 0 Å². The van der Waals surface area contributed by atoms with Crippen molar-refractivity contribution in [1.82, 2.24) is 0 Å². The molecule has 0 aromatic heterocycles. The molecule has 0 spiro atoms. The number of aliphatic hydroxyl groups is 1. The Morgan fingerprint density at radius 1 is 0.950 bits per heavy atom. The Morgan fingerprint density at radius 2 is 1.65 bits per heavy atom. The van der Waals surface area contributed by atoms with Crippen molar-refractivity contribution in [2.75, 3.05) is 25.7 Å². The number of halogens is 1. The highest BCUT2D eigenvalue weighted by molar-refractivity contribution is 6.17. The summed E-state index contributed by atoms with van der Waals surface area (Å²) in [6, 6.07) is 9.93. The Morgan fingerprint density at radius 3 is 2.40 bits per heavy atom. The fourth-order valence-corrected chi connectivity index (χ4v) is 2.00. The summed E-state index contributed by atoms with van der Waals surface area (Å²) in [6.45, 7) is 1.86. The highest BCUT2D eigenvalue weighted by Gasteiger charge is 2.04. The lowest BCUT2D eigenvalue weighted by molar-refractivity contribution is -0.0239. The maximum Gasteiger partial charge on any atom is 0.101 e. The molecule has 3 nitrogen and oxygen atoms in total. The van der Waals surface area contributed by atoms with Crippen molar-refractivity contribution in [2.24, 2.45) is 0 Å². The summed E-state index contributed by atoms with van der Waals surface area (Å²) in [5, 5.41) is 9.70. The zero-order chi connectivity index (χ0) is 14.5. The summed E-state index contributed by atoms with van der Waals surface area (Å²) in [5.74, 6) is 0.734. The molecule has 0 saturated heterocycles. The second-order valence-electron chi connectivity index (χ2n) is 4.83. The zero-order valence-corrected chi connectivity index (χ0v) is 12.7. The molecule has 0 aliphatic rings. The van der Waals surface area contributed by atoms with Gasteiger partial charge in [0.2, 0.25) is 0 Å². The highest BCUT2D eigenvalue weighted by atomic mass is 35.5.